The molecule has 0 saturated heterocycles. The molecule has 1 aliphatic rings. The lowest BCUT2D eigenvalue weighted by Crippen LogP contribution is -2.42. The molecule has 0 aromatic heterocycles. The van der Waals surface area contributed by atoms with Gasteiger partial charge in [-0.3, -0.25) is 9.59 Å². The van der Waals surface area contributed by atoms with Crippen LogP contribution in [0.25, 0.3) is 0 Å². The highest BCUT2D eigenvalue weighted by Crippen LogP contribution is 2.17. The third-order valence-corrected chi connectivity index (χ3v) is 3.91. The number of hydrogen-bond acceptors (Lipinski definition) is 2. The Morgan fingerprint density at radius 3 is 2.35 bits per heavy atom. The van der Waals surface area contributed by atoms with Gasteiger partial charge in [-0.25, -0.2) is 0 Å². The van der Waals surface area contributed by atoms with E-state index in [0.29, 0.717) is 5.69 Å². The van der Waals surface area contributed by atoms with Crippen molar-refractivity contribution in [1.82, 2.24) is 5.32 Å². The Kier molecular flexibility index (Phi) is 4.77. The maximum atomic E-state index is 11.9. The predicted molar refractivity (Wildman–Crippen MR) is 79.6 cm³/mol. The second-order valence-electron chi connectivity index (χ2n) is 5.56. The molecule has 0 bridgehead atoms. The zero-order valence-electron chi connectivity index (χ0n) is 12.2. The van der Waals surface area contributed by atoms with Gasteiger partial charge < -0.3 is 10.6 Å². The Morgan fingerprint density at radius 1 is 1.00 bits per heavy atom. The quantitative estimate of drug-likeness (QED) is 0.815. The highest BCUT2D eigenvalue weighted by Gasteiger charge is 2.20. The van der Waals surface area contributed by atoms with Gasteiger partial charge in [0, 0.05) is 11.7 Å². The first-order valence-electron chi connectivity index (χ1n) is 7.25. The fourth-order valence-electron chi connectivity index (χ4n) is 2.50. The molecule has 1 saturated carbocycles. The van der Waals surface area contributed by atoms with E-state index >= 15 is 0 Å². The van der Waals surface area contributed by atoms with Crippen LogP contribution in [-0.4, -0.2) is 17.9 Å². The summed E-state index contributed by atoms with van der Waals surface area (Å²) in [7, 11) is 0. The number of aryl methyl sites for hydroxylation is 2. The molecule has 0 heterocycles. The monoisotopic (exact) mass is 274 g/mol. The summed E-state index contributed by atoms with van der Waals surface area (Å²) in [5.74, 6) is -1.12. The average Bonchev–Trinajstić information content (AvgIpc) is 2.44. The van der Waals surface area contributed by atoms with Crippen LogP contribution in [0.15, 0.2) is 18.2 Å². The van der Waals surface area contributed by atoms with Crippen molar-refractivity contribution in [3.63, 3.8) is 0 Å². The zero-order valence-corrected chi connectivity index (χ0v) is 12.2. The molecule has 4 heteroatoms. The van der Waals surface area contributed by atoms with Gasteiger partial charge in [0.25, 0.3) is 0 Å². The van der Waals surface area contributed by atoms with Crippen molar-refractivity contribution in [1.29, 1.82) is 0 Å². The number of carbonyl (C=O) groups excluding carboxylic acids is 2. The van der Waals surface area contributed by atoms with Gasteiger partial charge in [0.05, 0.1) is 0 Å². The molecule has 2 amide bonds. The molecule has 1 aromatic rings. The molecule has 2 rings (SSSR count). The Labute approximate surface area is 119 Å². The minimum atomic E-state index is -0.584. The summed E-state index contributed by atoms with van der Waals surface area (Å²) in [6.45, 7) is 3.99. The van der Waals surface area contributed by atoms with Crippen molar-refractivity contribution < 1.29 is 9.59 Å². The predicted octanol–water partition coefficient (Wildman–Crippen LogP) is 2.69. The first-order chi connectivity index (χ1) is 9.56. The highest BCUT2D eigenvalue weighted by molar-refractivity contribution is 6.39. The van der Waals surface area contributed by atoms with Crippen LogP contribution in [0.5, 0.6) is 0 Å². The number of rotatable bonds is 2. The fraction of sp³-hybridized carbons (Fsp3) is 0.500. The van der Waals surface area contributed by atoms with Gasteiger partial charge in [0.2, 0.25) is 0 Å². The van der Waals surface area contributed by atoms with Crippen LogP contribution >= 0.6 is 0 Å². The molecule has 0 atom stereocenters. The number of amides is 2. The van der Waals surface area contributed by atoms with E-state index in [1.165, 1.54) is 6.42 Å². The lowest BCUT2D eigenvalue weighted by atomic mass is 9.95. The second-order valence-corrected chi connectivity index (χ2v) is 5.56. The topological polar surface area (TPSA) is 58.2 Å². The lowest BCUT2D eigenvalue weighted by molar-refractivity contribution is -0.136. The maximum absolute atomic E-state index is 11.9. The third kappa shape index (κ3) is 3.83. The minimum absolute atomic E-state index is 0.154. The maximum Gasteiger partial charge on any atom is 0.313 e. The SMILES string of the molecule is Cc1ccc(NC(=O)C(=O)NC2CCCCC2)cc1C. The van der Waals surface area contributed by atoms with Crippen molar-refractivity contribution in [2.75, 3.05) is 5.32 Å². The van der Waals surface area contributed by atoms with E-state index < -0.39 is 11.8 Å². The molecule has 1 fully saturated rings. The van der Waals surface area contributed by atoms with E-state index in [-0.39, 0.29) is 6.04 Å². The summed E-state index contributed by atoms with van der Waals surface area (Å²) >= 11 is 0. The average molecular weight is 274 g/mol. The smallest absolute Gasteiger partial charge is 0.313 e. The fourth-order valence-corrected chi connectivity index (χ4v) is 2.50. The molecule has 0 aliphatic heterocycles. The van der Waals surface area contributed by atoms with Gasteiger partial charge in [-0.1, -0.05) is 25.3 Å². The van der Waals surface area contributed by atoms with E-state index in [1.807, 2.05) is 32.0 Å². The number of benzene rings is 1. The molecular weight excluding hydrogens is 252 g/mol. The number of hydrogen-bond donors (Lipinski definition) is 2. The normalized spacial score (nSPS) is 15.7. The summed E-state index contributed by atoms with van der Waals surface area (Å²) in [6.07, 6.45) is 5.43. The van der Waals surface area contributed by atoms with Gasteiger partial charge in [-0.15, -0.1) is 0 Å². The molecule has 0 unspecified atom stereocenters. The van der Waals surface area contributed by atoms with E-state index in [9.17, 15) is 9.59 Å². The zero-order chi connectivity index (χ0) is 14.5. The largest absolute Gasteiger partial charge is 0.345 e. The Bertz CT molecular complexity index is 505. The molecule has 1 aromatic carbocycles. The standard InChI is InChI=1S/C16H22N2O2/c1-11-8-9-14(10-12(11)2)18-16(20)15(19)17-13-6-4-3-5-7-13/h8-10,13H,3-7H2,1-2H3,(H,17,19)(H,18,20). The van der Waals surface area contributed by atoms with Gasteiger partial charge in [0.15, 0.2) is 0 Å². The first-order valence-corrected chi connectivity index (χ1v) is 7.25. The summed E-state index contributed by atoms with van der Waals surface area (Å²) < 4.78 is 0. The van der Waals surface area contributed by atoms with Crippen LogP contribution in [0.3, 0.4) is 0 Å². The van der Waals surface area contributed by atoms with Crippen molar-refractivity contribution in [2.45, 2.75) is 52.0 Å². The minimum Gasteiger partial charge on any atom is -0.345 e. The third-order valence-electron chi connectivity index (χ3n) is 3.91. The van der Waals surface area contributed by atoms with Crippen LogP contribution in [-0.2, 0) is 9.59 Å². The molecule has 4 nitrogen and oxygen atoms in total. The Hall–Kier alpha value is -1.84. The lowest BCUT2D eigenvalue weighted by Gasteiger charge is -2.22. The Balaban J connectivity index is 1.89. The van der Waals surface area contributed by atoms with E-state index in [4.69, 9.17) is 0 Å². The summed E-state index contributed by atoms with van der Waals surface area (Å²) in [4.78, 5) is 23.7. The van der Waals surface area contributed by atoms with Crippen molar-refractivity contribution in [3.05, 3.63) is 29.3 Å². The van der Waals surface area contributed by atoms with Gasteiger partial charge in [-0.05, 0) is 49.9 Å². The van der Waals surface area contributed by atoms with E-state index in [0.717, 1.165) is 36.8 Å². The molecule has 1 aliphatic carbocycles. The van der Waals surface area contributed by atoms with Crippen LogP contribution < -0.4 is 10.6 Å². The van der Waals surface area contributed by atoms with Gasteiger partial charge in [-0.2, -0.15) is 0 Å². The molecule has 0 radical (unpaired) electrons. The van der Waals surface area contributed by atoms with Gasteiger partial charge >= 0.3 is 11.8 Å². The molecule has 108 valence electrons. The molecule has 20 heavy (non-hydrogen) atoms. The summed E-state index contributed by atoms with van der Waals surface area (Å²) in [5.41, 5.74) is 2.92. The van der Waals surface area contributed by atoms with Crippen LogP contribution in [0.2, 0.25) is 0 Å². The molecular formula is C16H22N2O2. The van der Waals surface area contributed by atoms with E-state index in [2.05, 4.69) is 10.6 Å². The Morgan fingerprint density at radius 2 is 1.70 bits per heavy atom. The van der Waals surface area contributed by atoms with Crippen LogP contribution in [0.1, 0.15) is 43.2 Å². The van der Waals surface area contributed by atoms with Crippen molar-refractivity contribution in [3.8, 4) is 0 Å². The molecule has 2 N–H and O–H groups in total. The number of carbonyl (C=O) groups is 2. The van der Waals surface area contributed by atoms with E-state index in [1.54, 1.807) is 0 Å². The summed E-state index contributed by atoms with van der Waals surface area (Å²) in [6, 6.07) is 5.78. The van der Waals surface area contributed by atoms with Crippen LogP contribution in [0, 0.1) is 13.8 Å². The molecule has 0 spiro atoms. The van der Waals surface area contributed by atoms with Gasteiger partial charge in [0.1, 0.15) is 0 Å². The van der Waals surface area contributed by atoms with Crippen LogP contribution in [0.4, 0.5) is 5.69 Å². The summed E-state index contributed by atoms with van der Waals surface area (Å²) in [5, 5.41) is 5.46. The first kappa shape index (κ1) is 14.6. The number of nitrogens with one attached hydrogen (secondary N) is 2. The van der Waals surface area contributed by atoms with Crippen molar-refractivity contribution >= 4 is 17.5 Å². The van der Waals surface area contributed by atoms with Crippen molar-refractivity contribution in [2.24, 2.45) is 0 Å². The number of anilines is 1. The second kappa shape index (κ2) is 6.55. The highest BCUT2D eigenvalue weighted by atomic mass is 16.2.